The molecule has 1 aliphatic carbocycles. The van der Waals surface area contributed by atoms with Gasteiger partial charge < -0.3 is 10.3 Å². The molecule has 3 aromatic rings. The third-order valence-corrected chi connectivity index (χ3v) is 5.02. The van der Waals surface area contributed by atoms with Crippen molar-refractivity contribution in [1.29, 1.82) is 0 Å². The largest absolute Gasteiger partial charge is 0.353 e. The van der Waals surface area contributed by atoms with E-state index >= 15 is 0 Å². The molecule has 0 spiro atoms. The molecule has 1 amide bonds. The quantitative estimate of drug-likeness (QED) is 0.545. The number of pyridine rings is 1. The van der Waals surface area contributed by atoms with Crippen LogP contribution in [0.25, 0.3) is 27.9 Å². The minimum atomic E-state index is -0.0206. The van der Waals surface area contributed by atoms with Crippen molar-refractivity contribution in [3.8, 4) is 0 Å². The lowest BCUT2D eigenvalue weighted by Gasteiger charge is -2.14. The fraction of sp³-hybridized carbons (Fsp3) is 0.333. The SMILES string of the molecule is O=C(/C=C/c1cc2c(cn1)[nH]c1ccccc12)NC1CCCCCC1. The van der Waals surface area contributed by atoms with E-state index in [1.165, 1.54) is 31.1 Å². The van der Waals surface area contributed by atoms with Gasteiger partial charge in [-0.1, -0.05) is 43.9 Å². The van der Waals surface area contributed by atoms with Gasteiger partial charge in [-0.05, 0) is 31.1 Å². The number of benzene rings is 1. The van der Waals surface area contributed by atoms with Gasteiger partial charge in [0, 0.05) is 28.4 Å². The molecule has 0 saturated heterocycles. The van der Waals surface area contributed by atoms with Crippen LogP contribution in [-0.2, 0) is 4.79 Å². The predicted molar refractivity (Wildman–Crippen MR) is 102 cm³/mol. The van der Waals surface area contributed by atoms with Gasteiger partial charge in [0.25, 0.3) is 0 Å². The zero-order chi connectivity index (χ0) is 17.1. The third-order valence-electron chi connectivity index (χ3n) is 5.02. The molecule has 0 atom stereocenters. The number of nitrogens with one attached hydrogen (secondary N) is 2. The van der Waals surface area contributed by atoms with E-state index in [1.807, 2.05) is 24.4 Å². The molecule has 25 heavy (non-hydrogen) atoms. The monoisotopic (exact) mass is 333 g/mol. The molecule has 0 bridgehead atoms. The molecule has 0 unspecified atom stereocenters. The van der Waals surface area contributed by atoms with Gasteiger partial charge in [0.1, 0.15) is 0 Å². The molecule has 1 aliphatic rings. The molecular weight excluding hydrogens is 310 g/mol. The zero-order valence-electron chi connectivity index (χ0n) is 14.3. The smallest absolute Gasteiger partial charge is 0.244 e. The summed E-state index contributed by atoms with van der Waals surface area (Å²) in [6.07, 6.45) is 12.4. The van der Waals surface area contributed by atoms with Crippen molar-refractivity contribution in [2.75, 3.05) is 0 Å². The number of rotatable bonds is 3. The Labute approximate surface area is 147 Å². The first-order chi connectivity index (χ1) is 12.3. The Morgan fingerprint density at radius 2 is 1.88 bits per heavy atom. The number of hydrogen-bond donors (Lipinski definition) is 2. The first kappa shape index (κ1) is 15.9. The molecule has 1 fully saturated rings. The van der Waals surface area contributed by atoms with E-state index < -0.39 is 0 Å². The lowest BCUT2D eigenvalue weighted by atomic mass is 10.1. The molecular formula is C21H23N3O. The standard InChI is InChI=1S/C21H23N3O/c25-21(23-15-7-3-1-2-4-8-15)12-11-16-13-18-17-9-5-6-10-19(17)24-20(18)14-22-16/h5-6,9-15,24H,1-4,7-8H2,(H,23,25)/b12-11+. The number of H-pyrrole nitrogens is 1. The highest BCUT2D eigenvalue weighted by atomic mass is 16.1. The summed E-state index contributed by atoms with van der Waals surface area (Å²) in [6.45, 7) is 0. The number of amides is 1. The van der Waals surface area contributed by atoms with Gasteiger partial charge in [0.05, 0.1) is 17.4 Å². The van der Waals surface area contributed by atoms with Crippen LogP contribution in [0.4, 0.5) is 0 Å². The maximum Gasteiger partial charge on any atom is 0.244 e. The Bertz CT molecular complexity index is 917. The first-order valence-electron chi connectivity index (χ1n) is 9.15. The first-order valence-corrected chi connectivity index (χ1v) is 9.15. The van der Waals surface area contributed by atoms with Gasteiger partial charge in [-0.2, -0.15) is 0 Å². The van der Waals surface area contributed by atoms with Crippen LogP contribution in [0.3, 0.4) is 0 Å². The fourth-order valence-electron chi connectivity index (χ4n) is 3.69. The fourth-order valence-corrected chi connectivity index (χ4v) is 3.69. The summed E-state index contributed by atoms with van der Waals surface area (Å²) in [6, 6.07) is 10.6. The molecule has 2 N–H and O–H groups in total. The molecule has 4 rings (SSSR count). The summed E-state index contributed by atoms with van der Waals surface area (Å²) in [5.74, 6) is -0.0206. The Balaban J connectivity index is 1.50. The average molecular weight is 333 g/mol. The number of hydrogen-bond acceptors (Lipinski definition) is 2. The maximum absolute atomic E-state index is 12.2. The summed E-state index contributed by atoms with van der Waals surface area (Å²) >= 11 is 0. The number of nitrogens with zero attached hydrogens (tertiary/aromatic N) is 1. The molecule has 1 saturated carbocycles. The number of carbonyl (C=O) groups is 1. The zero-order valence-corrected chi connectivity index (χ0v) is 14.3. The Morgan fingerprint density at radius 1 is 1.08 bits per heavy atom. The molecule has 4 heteroatoms. The Kier molecular flexibility index (Phi) is 4.51. The van der Waals surface area contributed by atoms with E-state index in [0.717, 1.165) is 35.0 Å². The second-order valence-corrected chi connectivity index (χ2v) is 6.86. The molecule has 2 aromatic heterocycles. The van der Waals surface area contributed by atoms with E-state index in [-0.39, 0.29) is 5.91 Å². The van der Waals surface area contributed by atoms with Gasteiger partial charge >= 0.3 is 0 Å². The number of fused-ring (bicyclic) bond motifs is 3. The van der Waals surface area contributed by atoms with Gasteiger partial charge in [0.15, 0.2) is 0 Å². The third kappa shape index (κ3) is 3.58. The molecule has 0 radical (unpaired) electrons. The van der Waals surface area contributed by atoms with Gasteiger partial charge in [-0.25, -0.2) is 0 Å². The van der Waals surface area contributed by atoms with Crippen molar-refractivity contribution >= 4 is 33.8 Å². The van der Waals surface area contributed by atoms with E-state index in [2.05, 4.69) is 27.4 Å². The second-order valence-electron chi connectivity index (χ2n) is 6.86. The Hall–Kier alpha value is -2.62. The highest BCUT2D eigenvalue weighted by Crippen LogP contribution is 2.25. The summed E-state index contributed by atoms with van der Waals surface area (Å²) < 4.78 is 0. The van der Waals surface area contributed by atoms with Crippen molar-refractivity contribution < 1.29 is 4.79 Å². The van der Waals surface area contributed by atoms with Crippen LogP contribution >= 0.6 is 0 Å². The number of carbonyl (C=O) groups excluding carboxylic acids is 1. The lowest BCUT2D eigenvalue weighted by Crippen LogP contribution is -2.33. The van der Waals surface area contributed by atoms with E-state index in [4.69, 9.17) is 0 Å². The van der Waals surface area contributed by atoms with Crippen molar-refractivity contribution in [3.05, 3.63) is 48.3 Å². The van der Waals surface area contributed by atoms with Crippen LogP contribution in [0.1, 0.15) is 44.2 Å². The lowest BCUT2D eigenvalue weighted by molar-refractivity contribution is -0.117. The molecule has 128 valence electrons. The van der Waals surface area contributed by atoms with Crippen molar-refractivity contribution in [2.24, 2.45) is 0 Å². The number of para-hydroxylation sites is 1. The van der Waals surface area contributed by atoms with Crippen LogP contribution in [0, 0.1) is 0 Å². The molecule has 2 heterocycles. The van der Waals surface area contributed by atoms with Crippen molar-refractivity contribution in [2.45, 2.75) is 44.6 Å². The maximum atomic E-state index is 12.2. The van der Waals surface area contributed by atoms with Crippen LogP contribution in [0.5, 0.6) is 0 Å². The van der Waals surface area contributed by atoms with Gasteiger partial charge in [-0.3, -0.25) is 9.78 Å². The van der Waals surface area contributed by atoms with Crippen molar-refractivity contribution in [3.63, 3.8) is 0 Å². The van der Waals surface area contributed by atoms with Crippen LogP contribution in [0.2, 0.25) is 0 Å². The summed E-state index contributed by atoms with van der Waals surface area (Å²) in [5, 5.41) is 5.44. The molecule has 4 nitrogen and oxygen atoms in total. The minimum absolute atomic E-state index is 0.0206. The van der Waals surface area contributed by atoms with E-state index in [0.29, 0.717) is 6.04 Å². The van der Waals surface area contributed by atoms with Crippen LogP contribution in [-0.4, -0.2) is 21.9 Å². The highest BCUT2D eigenvalue weighted by Gasteiger charge is 2.13. The molecule has 0 aliphatic heterocycles. The topological polar surface area (TPSA) is 57.8 Å². The summed E-state index contributed by atoms with van der Waals surface area (Å²) in [7, 11) is 0. The van der Waals surface area contributed by atoms with E-state index in [1.54, 1.807) is 12.2 Å². The highest BCUT2D eigenvalue weighted by molar-refractivity contribution is 6.07. The minimum Gasteiger partial charge on any atom is -0.353 e. The molecule has 1 aromatic carbocycles. The second kappa shape index (κ2) is 7.09. The average Bonchev–Trinajstić information content (AvgIpc) is 2.80. The van der Waals surface area contributed by atoms with Crippen LogP contribution < -0.4 is 5.32 Å². The van der Waals surface area contributed by atoms with Crippen molar-refractivity contribution in [1.82, 2.24) is 15.3 Å². The summed E-state index contributed by atoms with van der Waals surface area (Å²) in [5.41, 5.74) is 2.92. The normalized spacial score (nSPS) is 16.5. The summed E-state index contributed by atoms with van der Waals surface area (Å²) in [4.78, 5) is 20.0. The van der Waals surface area contributed by atoms with E-state index in [9.17, 15) is 4.79 Å². The number of aromatic amines is 1. The van der Waals surface area contributed by atoms with Crippen LogP contribution in [0.15, 0.2) is 42.6 Å². The van der Waals surface area contributed by atoms with Gasteiger partial charge in [0.2, 0.25) is 5.91 Å². The number of aromatic nitrogens is 2. The van der Waals surface area contributed by atoms with Gasteiger partial charge in [-0.15, -0.1) is 0 Å². The Morgan fingerprint density at radius 3 is 2.72 bits per heavy atom. The predicted octanol–water partition coefficient (Wildman–Crippen LogP) is 4.57.